The molecule has 4 aromatic rings. The van der Waals surface area contributed by atoms with Crippen molar-refractivity contribution in [3.05, 3.63) is 115 Å². The maximum atomic E-state index is 14.2. The number of para-hydroxylation sites is 3. The van der Waals surface area contributed by atoms with Gasteiger partial charge in [0.1, 0.15) is 0 Å². The lowest BCUT2D eigenvalue weighted by atomic mass is 9.89. The third-order valence-corrected chi connectivity index (χ3v) is 7.98. The molecule has 0 bridgehead atoms. The van der Waals surface area contributed by atoms with Crippen LogP contribution >= 0.6 is 0 Å². The highest BCUT2D eigenvalue weighted by Gasteiger charge is 2.39. The summed E-state index contributed by atoms with van der Waals surface area (Å²) in [7, 11) is 0. The van der Waals surface area contributed by atoms with Crippen LogP contribution in [0.1, 0.15) is 35.5 Å². The van der Waals surface area contributed by atoms with E-state index in [0.29, 0.717) is 18.7 Å². The van der Waals surface area contributed by atoms with Crippen molar-refractivity contribution in [2.24, 2.45) is 0 Å². The molecule has 40 heavy (non-hydrogen) atoms. The average molecular weight is 535 g/mol. The van der Waals surface area contributed by atoms with Crippen molar-refractivity contribution in [2.75, 3.05) is 47.4 Å². The Hall–Kier alpha value is -4.36. The molecule has 2 aliphatic heterocycles. The van der Waals surface area contributed by atoms with Crippen molar-refractivity contribution in [3.63, 3.8) is 0 Å². The van der Waals surface area contributed by atoms with Crippen LogP contribution in [0.2, 0.25) is 0 Å². The van der Waals surface area contributed by atoms with Crippen molar-refractivity contribution < 1.29 is 14.0 Å². The number of hydrogen-bond acceptors (Lipinski definition) is 5. The van der Waals surface area contributed by atoms with Crippen LogP contribution in [-0.2, 0) is 4.79 Å². The first-order chi connectivity index (χ1) is 19.6. The highest BCUT2D eigenvalue weighted by molar-refractivity contribution is 6.06. The minimum atomic E-state index is -0.202. The maximum absolute atomic E-state index is 14.2. The minimum absolute atomic E-state index is 0.0668. The largest absolute Gasteiger partial charge is 0.459 e. The van der Waals surface area contributed by atoms with Gasteiger partial charge in [-0.15, -0.1) is 0 Å². The number of anilines is 3. The van der Waals surface area contributed by atoms with Gasteiger partial charge < -0.3 is 19.1 Å². The van der Waals surface area contributed by atoms with Gasteiger partial charge in [0.25, 0.3) is 5.91 Å². The molecule has 2 atom stereocenters. The zero-order valence-electron chi connectivity index (χ0n) is 22.7. The van der Waals surface area contributed by atoms with Crippen LogP contribution in [0.4, 0.5) is 17.1 Å². The van der Waals surface area contributed by atoms with Crippen molar-refractivity contribution in [1.82, 2.24) is 4.90 Å². The van der Waals surface area contributed by atoms with E-state index in [1.54, 1.807) is 17.0 Å². The molecule has 1 saturated heterocycles. The second-order valence-corrected chi connectivity index (χ2v) is 10.5. The maximum Gasteiger partial charge on any atom is 0.294 e. The normalized spacial score (nSPS) is 19.2. The summed E-state index contributed by atoms with van der Waals surface area (Å²) in [6, 6.07) is 31.4. The van der Waals surface area contributed by atoms with Gasteiger partial charge in [-0.2, -0.15) is 0 Å². The van der Waals surface area contributed by atoms with Gasteiger partial charge in [-0.25, -0.2) is 0 Å². The Morgan fingerprint density at radius 1 is 0.825 bits per heavy atom. The van der Waals surface area contributed by atoms with E-state index in [-0.39, 0.29) is 23.9 Å². The summed E-state index contributed by atoms with van der Waals surface area (Å²) in [6.07, 6.45) is 2.14. The van der Waals surface area contributed by atoms with Crippen molar-refractivity contribution in [2.45, 2.75) is 25.4 Å². The fourth-order valence-corrected chi connectivity index (χ4v) is 6.01. The summed E-state index contributed by atoms with van der Waals surface area (Å²) in [5.41, 5.74) is 3.87. The first kappa shape index (κ1) is 25.9. The Morgan fingerprint density at radius 3 is 2.20 bits per heavy atom. The van der Waals surface area contributed by atoms with E-state index in [4.69, 9.17) is 4.42 Å². The fourth-order valence-electron chi connectivity index (χ4n) is 6.01. The zero-order valence-corrected chi connectivity index (χ0v) is 22.7. The number of benzene rings is 3. The Labute approximate surface area is 235 Å². The molecule has 6 rings (SSSR count). The minimum Gasteiger partial charge on any atom is -0.459 e. The van der Waals surface area contributed by atoms with Crippen LogP contribution < -0.4 is 14.7 Å². The number of rotatable bonds is 6. The molecular weight excluding hydrogens is 500 g/mol. The van der Waals surface area contributed by atoms with E-state index in [1.165, 1.54) is 12.0 Å². The van der Waals surface area contributed by atoms with Crippen LogP contribution in [0.25, 0.3) is 0 Å². The predicted octanol–water partition coefficient (Wildman–Crippen LogP) is 5.62. The van der Waals surface area contributed by atoms with Crippen LogP contribution in [-0.4, -0.2) is 55.5 Å². The number of carbonyl (C=O) groups is 2. The van der Waals surface area contributed by atoms with Gasteiger partial charge >= 0.3 is 0 Å². The highest BCUT2D eigenvalue weighted by Crippen LogP contribution is 2.42. The molecule has 2 amide bonds. The van der Waals surface area contributed by atoms with Crippen molar-refractivity contribution in [3.8, 4) is 0 Å². The van der Waals surface area contributed by atoms with E-state index >= 15 is 0 Å². The van der Waals surface area contributed by atoms with Gasteiger partial charge in [0.05, 0.1) is 18.8 Å². The molecule has 0 N–H and O–H groups in total. The van der Waals surface area contributed by atoms with Gasteiger partial charge in [0.2, 0.25) is 5.91 Å². The molecule has 0 spiro atoms. The van der Waals surface area contributed by atoms with Crippen LogP contribution in [0.15, 0.2) is 108 Å². The smallest absolute Gasteiger partial charge is 0.294 e. The van der Waals surface area contributed by atoms with Gasteiger partial charge in [0, 0.05) is 49.3 Å². The number of piperazine rings is 1. The van der Waals surface area contributed by atoms with E-state index in [2.05, 4.69) is 34.1 Å². The average Bonchev–Trinajstić information content (AvgIpc) is 3.54. The lowest BCUT2D eigenvalue weighted by molar-refractivity contribution is -0.120. The number of furan rings is 1. The summed E-state index contributed by atoms with van der Waals surface area (Å²) >= 11 is 0. The molecule has 1 fully saturated rings. The topological polar surface area (TPSA) is 60.2 Å². The molecule has 0 unspecified atom stereocenters. The summed E-state index contributed by atoms with van der Waals surface area (Å²) in [6.45, 7) is 5.81. The summed E-state index contributed by atoms with van der Waals surface area (Å²) < 4.78 is 5.45. The van der Waals surface area contributed by atoms with Crippen LogP contribution in [0, 0.1) is 0 Å². The number of carbonyl (C=O) groups excluding carboxylic acids is 2. The monoisotopic (exact) mass is 534 g/mol. The Balaban J connectivity index is 1.26. The summed E-state index contributed by atoms with van der Waals surface area (Å²) in [5, 5.41) is 0. The second kappa shape index (κ2) is 11.4. The highest BCUT2D eigenvalue weighted by atomic mass is 16.3. The van der Waals surface area contributed by atoms with Crippen LogP contribution in [0.3, 0.4) is 0 Å². The molecule has 3 aromatic carbocycles. The third kappa shape index (κ3) is 5.12. The van der Waals surface area contributed by atoms with Crippen molar-refractivity contribution >= 4 is 28.9 Å². The Bertz CT molecular complexity index is 1430. The molecule has 0 saturated carbocycles. The molecule has 2 aliphatic rings. The number of hydrogen-bond donors (Lipinski definition) is 0. The van der Waals surface area contributed by atoms with Crippen molar-refractivity contribution in [1.29, 1.82) is 0 Å². The molecule has 1 aromatic heterocycles. The quantitative estimate of drug-likeness (QED) is 0.322. The lowest BCUT2D eigenvalue weighted by Crippen LogP contribution is -2.52. The second-order valence-electron chi connectivity index (χ2n) is 10.5. The van der Waals surface area contributed by atoms with E-state index < -0.39 is 0 Å². The SMILES string of the molecule is C[C@@H]1C[C@H](N(C(=O)CN2CCN(c3ccccc3)CC2)c2ccccc2)c2ccccc2N1C(=O)c1ccco1. The molecule has 7 heteroatoms. The van der Waals surface area contributed by atoms with Crippen LogP contribution in [0.5, 0.6) is 0 Å². The molecule has 204 valence electrons. The fraction of sp³-hybridized carbons (Fsp3) is 0.273. The molecule has 0 aliphatic carbocycles. The van der Waals surface area contributed by atoms with Gasteiger partial charge in [0.15, 0.2) is 5.76 Å². The Morgan fingerprint density at radius 2 is 1.50 bits per heavy atom. The first-order valence-corrected chi connectivity index (χ1v) is 14.0. The molecule has 0 radical (unpaired) electrons. The predicted molar refractivity (Wildman–Crippen MR) is 158 cm³/mol. The van der Waals surface area contributed by atoms with E-state index in [9.17, 15) is 9.59 Å². The van der Waals surface area contributed by atoms with Gasteiger partial charge in [-0.05, 0) is 61.4 Å². The van der Waals surface area contributed by atoms with Gasteiger partial charge in [-0.3, -0.25) is 14.5 Å². The first-order valence-electron chi connectivity index (χ1n) is 14.0. The summed E-state index contributed by atoms with van der Waals surface area (Å²) in [5.74, 6) is 0.209. The number of amides is 2. The molecule has 7 nitrogen and oxygen atoms in total. The van der Waals surface area contributed by atoms with E-state index in [1.807, 2.05) is 72.5 Å². The standard InChI is InChI=1S/C33H34N4O3/c1-25-23-30(28-15-8-9-16-29(28)36(25)33(39)31-17-10-22-40-31)37(27-13-6-3-7-14-27)32(38)24-34-18-20-35(21-19-34)26-11-4-2-5-12-26/h2-17,22,25,30H,18-21,23-24H2,1H3/t25-,30+/m1/s1. The zero-order chi connectivity index (χ0) is 27.5. The third-order valence-electron chi connectivity index (χ3n) is 7.98. The van der Waals surface area contributed by atoms with E-state index in [0.717, 1.165) is 43.1 Å². The molecule has 3 heterocycles. The number of nitrogens with zero attached hydrogens (tertiary/aromatic N) is 4. The lowest BCUT2D eigenvalue weighted by Gasteiger charge is -2.44. The van der Waals surface area contributed by atoms with Gasteiger partial charge in [-0.1, -0.05) is 54.6 Å². The number of fused-ring (bicyclic) bond motifs is 1. The Kier molecular flexibility index (Phi) is 7.38. The summed E-state index contributed by atoms with van der Waals surface area (Å²) in [4.78, 5) is 36.0. The molecular formula is C33H34N4O3.